The average molecular weight is 262 g/mol. The standard InChI is InChI=1S/C12H22O4S/c1-2-3-8-15-11(13)6-4-7-12(14)16-9-5-10-17/h17H,2-10H2,1H3. The molecule has 0 N–H and O–H groups in total. The van der Waals surface area contributed by atoms with Gasteiger partial charge in [-0.2, -0.15) is 12.6 Å². The largest absolute Gasteiger partial charge is 0.466 e. The molecule has 0 bridgehead atoms. The van der Waals surface area contributed by atoms with Gasteiger partial charge in [-0.1, -0.05) is 13.3 Å². The summed E-state index contributed by atoms with van der Waals surface area (Å²) in [5.41, 5.74) is 0. The molecule has 0 spiro atoms. The molecule has 0 aliphatic carbocycles. The van der Waals surface area contributed by atoms with Crippen molar-refractivity contribution in [2.75, 3.05) is 19.0 Å². The molecule has 5 heteroatoms. The minimum Gasteiger partial charge on any atom is -0.466 e. The van der Waals surface area contributed by atoms with Gasteiger partial charge in [0.2, 0.25) is 0 Å². The summed E-state index contributed by atoms with van der Waals surface area (Å²) in [6.07, 6.45) is 3.70. The van der Waals surface area contributed by atoms with Gasteiger partial charge in [-0.25, -0.2) is 0 Å². The van der Waals surface area contributed by atoms with Crippen LogP contribution in [0.4, 0.5) is 0 Å². The van der Waals surface area contributed by atoms with E-state index in [1.54, 1.807) is 0 Å². The van der Waals surface area contributed by atoms with E-state index in [4.69, 9.17) is 9.47 Å². The Morgan fingerprint density at radius 2 is 1.47 bits per heavy atom. The van der Waals surface area contributed by atoms with Crippen LogP contribution >= 0.6 is 12.6 Å². The molecule has 0 aromatic carbocycles. The Labute approximate surface area is 108 Å². The van der Waals surface area contributed by atoms with Crippen molar-refractivity contribution < 1.29 is 19.1 Å². The summed E-state index contributed by atoms with van der Waals surface area (Å²) >= 11 is 4.01. The molecule has 0 rings (SSSR count). The number of hydrogen-bond acceptors (Lipinski definition) is 5. The first-order valence-electron chi connectivity index (χ1n) is 6.12. The van der Waals surface area contributed by atoms with Crippen molar-refractivity contribution in [3.05, 3.63) is 0 Å². The number of thiol groups is 1. The Balaban J connectivity index is 3.36. The summed E-state index contributed by atoms with van der Waals surface area (Å²) in [7, 11) is 0. The van der Waals surface area contributed by atoms with Gasteiger partial charge in [0.05, 0.1) is 13.2 Å². The molecule has 0 aliphatic rings. The maximum Gasteiger partial charge on any atom is 0.305 e. The fraction of sp³-hybridized carbons (Fsp3) is 0.833. The molecule has 0 radical (unpaired) electrons. The van der Waals surface area contributed by atoms with Crippen molar-refractivity contribution in [2.24, 2.45) is 0 Å². The van der Waals surface area contributed by atoms with E-state index in [2.05, 4.69) is 12.6 Å². The molecule has 0 saturated carbocycles. The first-order chi connectivity index (χ1) is 8.20. The molecule has 0 saturated heterocycles. The van der Waals surface area contributed by atoms with Crippen LogP contribution in [0.25, 0.3) is 0 Å². The van der Waals surface area contributed by atoms with Crippen LogP contribution < -0.4 is 0 Å². The van der Waals surface area contributed by atoms with Crippen LogP contribution in [0.15, 0.2) is 0 Å². The van der Waals surface area contributed by atoms with E-state index in [1.165, 1.54) is 0 Å². The number of esters is 2. The lowest BCUT2D eigenvalue weighted by atomic mass is 10.2. The van der Waals surface area contributed by atoms with Gasteiger partial charge < -0.3 is 9.47 Å². The Hall–Kier alpha value is -0.710. The highest BCUT2D eigenvalue weighted by molar-refractivity contribution is 7.80. The lowest BCUT2D eigenvalue weighted by molar-refractivity contribution is -0.145. The molecule has 0 aromatic heterocycles. The molecular formula is C12H22O4S. The molecule has 100 valence electrons. The highest BCUT2D eigenvalue weighted by Crippen LogP contribution is 2.01. The predicted octanol–water partition coefficient (Wildman–Crippen LogP) is 2.36. The van der Waals surface area contributed by atoms with Gasteiger partial charge in [0.15, 0.2) is 0 Å². The Bertz CT molecular complexity index is 197. The van der Waals surface area contributed by atoms with Crippen molar-refractivity contribution >= 4 is 24.6 Å². The summed E-state index contributed by atoms with van der Waals surface area (Å²) in [6.45, 7) is 2.92. The predicted molar refractivity (Wildman–Crippen MR) is 69.1 cm³/mol. The monoisotopic (exact) mass is 262 g/mol. The summed E-state index contributed by atoms with van der Waals surface area (Å²) in [5.74, 6) is 0.214. The normalized spacial score (nSPS) is 10.0. The van der Waals surface area contributed by atoms with E-state index in [0.717, 1.165) is 19.3 Å². The van der Waals surface area contributed by atoms with E-state index in [1.807, 2.05) is 6.92 Å². The number of carbonyl (C=O) groups is 2. The molecule has 0 aliphatic heterocycles. The van der Waals surface area contributed by atoms with E-state index >= 15 is 0 Å². The summed E-state index contributed by atoms with van der Waals surface area (Å²) in [5, 5.41) is 0. The molecular weight excluding hydrogens is 240 g/mol. The van der Waals surface area contributed by atoms with E-state index in [0.29, 0.717) is 25.4 Å². The third-order valence-electron chi connectivity index (χ3n) is 2.09. The average Bonchev–Trinajstić information content (AvgIpc) is 2.30. The van der Waals surface area contributed by atoms with Crippen molar-refractivity contribution in [1.29, 1.82) is 0 Å². The molecule has 0 aromatic rings. The highest BCUT2D eigenvalue weighted by Gasteiger charge is 2.06. The molecule has 0 fully saturated rings. The van der Waals surface area contributed by atoms with Crippen LogP contribution in [0.5, 0.6) is 0 Å². The number of unbranched alkanes of at least 4 members (excludes halogenated alkanes) is 1. The number of rotatable bonds is 10. The van der Waals surface area contributed by atoms with Crippen molar-refractivity contribution in [3.63, 3.8) is 0 Å². The fourth-order valence-corrected chi connectivity index (χ4v) is 1.23. The van der Waals surface area contributed by atoms with Gasteiger partial charge in [0.1, 0.15) is 0 Å². The lowest BCUT2D eigenvalue weighted by Gasteiger charge is -2.04. The summed E-state index contributed by atoms with van der Waals surface area (Å²) < 4.78 is 9.88. The highest BCUT2D eigenvalue weighted by atomic mass is 32.1. The Morgan fingerprint density at radius 1 is 0.941 bits per heavy atom. The zero-order chi connectivity index (χ0) is 12.9. The van der Waals surface area contributed by atoms with Gasteiger partial charge in [-0.15, -0.1) is 0 Å². The van der Waals surface area contributed by atoms with Crippen LogP contribution in [0.3, 0.4) is 0 Å². The van der Waals surface area contributed by atoms with Crippen LogP contribution in [0, 0.1) is 0 Å². The quantitative estimate of drug-likeness (QED) is 0.373. The second-order valence-electron chi connectivity index (χ2n) is 3.73. The van der Waals surface area contributed by atoms with Crippen LogP contribution in [0.2, 0.25) is 0 Å². The van der Waals surface area contributed by atoms with Crippen LogP contribution in [-0.4, -0.2) is 30.9 Å². The minimum absolute atomic E-state index is 0.235. The SMILES string of the molecule is CCCCOC(=O)CCCC(=O)OCCCS. The third-order valence-corrected chi connectivity index (χ3v) is 2.40. The third kappa shape index (κ3) is 11.6. The second kappa shape index (κ2) is 11.8. The Kier molecular flexibility index (Phi) is 11.3. The minimum atomic E-state index is -0.256. The lowest BCUT2D eigenvalue weighted by Crippen LogP contribution is -2.09. The van der Waals surface area contributed by atoms with Gasteiger partial charge in [-0.3, -0.25) is 9.59 Å². The first kappa shape index (κ1) is 16.3. The second-order valence-corrected chi connectivity index (χ2v) is 4.17. The summed E-state index contributed by atoms with van der Waals surface area (Å²) in [4.78, 5) is 22.3. The van der Waals surface area contributed by atoms with E-state index in [-0.39, 0.29) is 24.8 Å². The smallest absolute Gasteiger partial charge is 0.305 e. The zero-order valence-electron chi connectivity index (χ0n) is 10.4. The van der Waals surface area contributed by atoms with Crippen molar-refractivity contribution in [2.45, 2.75) is 45.4 Å². The van der Waals surface area contributed by atoms with Crippen molar-refractivity contribution in [3.8, 4) is 0 Å². The molecule has 0 unspecified atom stereocenters. The maximum atomic E-state index is 11.2. The fourth-order valence-electron chi connectivity index (χ4n) is 1.10. The zero-order valence-corrected chi connectivity index (χ0v) is 11.3. The van der Waals surface area contributed by atoms with Gasteiger partial charge >= 0.3 is 11.9 Å². The number of carbonyl (C=O) groups excluding carboxylic acids is 2. The van der Waals surface area contributed by atoms with Crippen LogP contribution in [0.1, 0.15) is 45.4 Å². The number of ether oxygens (including phenoxy) is 2. The van der Waals surface area contributed by atoms with E-state index in [9.17, 15) is 9.59 Å². The van der Waals surface area contributed by atoms with Crippen LogP contribution in [-0.2, 0) is 19.1 Å². The number of hydrogen-bond donors (Lipinski definition) is 1. The van der Waals surface area contributed by atoms with Gasteiger partial charge in [0.25, 0.3) is 0 Å². The molecule has 0 atom stereocenters. The molecule has 17 heavy (non-hydrogen) atoms. The Morgan fingerprint density at radius 3 is 1.94 bits per heavy atom. The van der Waals surface area contributed by atoms with E-state index < -0.39 is 0 Å². The maximum absolute atomic E-state index is 11.2. The van der Waals surface area contributed by atoms with Crippen molar-refractivity contribution in [1.82, 2.24) is 0 Å². The van der Waals surface area contributed by atoms with Gasteiger partial charge in [0, 0.05) is 12.8 Å². The topological polar surface area (TPSA) is 52.6 Å². The summed E-state index contributed by atoms with van der Waals surface area (Å²) in [6, 6.07) is 0. The molecule has 4 nitrogen and oxygen atoms in total. The first-order valence-corrected chi connectivity index (χ1v) is 6.76. The molecule has 0 heterocycles. The molecule has 0 amide bonds. The van der Waals surface area contributed by atoms with Gasteiger partial charge in [-0.05, 0) is 25.0 Å².